The fourth-order valence-corrected chi connectivity index (χ4v) is 4.51. The number of phenolic OH excluding ortho intramolecular Hbond substituents is 1. The number of oxazole rings is 1. The lowest BCUT2D eigenvalue weighted by Crippen LogP contribution is -2.47. The maximum absolute atomic E-state index is 10.5. The van der Waals surface area contributed by atoms with Crippen LogP contribution < -0.4 is 10.2 Å². The van der Waals surface area contributed by atoms with Crippen molar-refractivity contribution in [3.8, 4) is 17.0 Å². The predicted octanol–water partition coefficient (Wildman–Crippen LogP) is 4.66. The Morgan fingerprint density at radius 3 is 2.53 bits per heavy atom. The van der Waals surface area contributed by atoms with Crippen LogP contribution in [0.1, 0.15) is 33.6 Å². The maximum Gasteiger partial charge on any atom is 0.192 e. The minimum atomic E-state index is 0.0883. The van der Waals surface area contributed by atoms with E-state index < -0.39 is 0 Å². The summed E-state index contributed by atoms with van der Waals surface area (Å²) in [6, 6.07) is 11.7. The first kappa shape index (κ1) is 20.7. The van der Waals surface area contributed by atoms with E-state index in [1.54, 1.807) is 19.1 Å². The highest BCUT2D eigenvalue weighted by Crippen LogP contribution is 2.34. The van der Waals surface area contributed by atoms with Gasteiger partial charge in [-0.2, -0.15) is 0 Å². The van der Waals surface area contributed by atoms with E-state index in [1.165, 1.54) is 0 Å². The van der Waals surface area contributed by atoms with E-state index in [0.29, 0.717) is 40.2 Å². The molecular formula is C25H29N5O2. The van der Waals surface area contributed by atoms with Gasteiger partial charge in [0.2, 0.25) is 0 Å². The first-order valence-electron chi connectivity index (χ1n) is 11.1. The Balaban J connectivity index is 1.44. The van der Waals surface area contributed by atoms with Gasteiger partial charge in [0.15, 0.2) is 11.5 Å². The van der Waals surface area contributed by atoms with E-state index in [1.807, 2.05) is 24.3 Å². The number of hydrogen-bond acceptors (Lipinski definition) is 7. The summed E-state index contributed by atoms with van der Waals surface area (Å²) in [7, 11) is 0. The zero-order valence-corrected chi connectivity index (χ0v) is 19.2. The summed E-state index contributed by atoms with van der Waals surface area (Å²) in [6.07, 6.45) is 0. The average molecular weight is 432 g/mol. The smallest absolute Gasteiger partial charge is 0.192 e. The molecule has 1 fully saturated rings. The molecule has 1 aliphatic rings. The van der Waals surface area contributed by atoms with Gasteiger partial charge in [-0.1, -0.05) is 6.92 Å². The second-order valence-corrected chi connectivity index (χ2v) is 9.86. The molecule has 4 heterocycles. The minimum absolute atomic E-state index is 0.0883. The summed E-state index contributed by atoms with van der Waals surface area (Å²) in [5, 5.41) is 14.2. The van der Waals surface area contributed by atoms with Crippen LogP contribution in [0.4, 0.5) is 5.82 Å². The molecule has 1 aromatic carbocycles. The van der Waals surface area contributed by atoms with Gasteiger partial charge in [0.05, 0.1) is 16.7 Å². The number of pyridine rings is 2. The normalized spacial score (nSPS) is 19.3. The van der Waals surface area contributed by atoms with Gasteiger partial charge in [-0.15, -0.1) is 0 Å². The standard InChI is InChI=1S/C25H29N5O2/c1-14-12-30(13-21(14)29-25(3,4)5)24-9-8-18-19(28-24)7-6-17(27-18)16-10-23-20(11-22(16)31)26-15(2)32-23/h6-11,14,21,29,31H,12-13H2,1-5H3/t14-,21+/m0/s1. The van der Waals surface area contributed by atoms with Crippen LogP contribution in [0.15, 0.2) is 40.8 Å². The number of aryl methyl sites for hydroxylation is 1. The fourth-order valence-electron chi connectivity index (χ4n) is 4.51. The molecule has 0 radical (unpaired) electrons. The van der Waals surface area contributed by atoms with E-state index in [-0.39, 0.29) is 11.3 Å². The molecule has 0 spiro atoms. The van der Waals surface area contributed by atoms with E-state index in [9.17, 15) is 5.11 Å². The first-order valence-corrected chi connectivity index (χ1v) is 11.1. The van der Waals surface area contributed by atoms with Gasteiger partial charge >= 0.3 is 0 Å². The zero-order chi connectivity index (χ0) is 22.6. The van der Waals surface area contributed by atoms with Crippen molar-refractivity contribution in [2.45, 2.75) is 46.2 Å². The van der Waals surface area contributed by atoms with E-state index in [0.717, 1.165) is 29.9 Å². The quantitative estimate of drug-likeness (QED) is 0.488. The topological polar surface area (TPSA) is 87.3 Å². The van der Waals surface area contributed by atoms with Gasteiger partial charge in [0.1, 0.15) is 17.1 Å². The average Bonchev–Trinajstić information content (AvgIpc) is 3.26. The second kappa shape index (κ2) is 7.45. The van der Waals surface area contributed by atoms with Crippen LogP contribution in [0, 0.1) is 12.8 Å². The molecule has 1 saturated heterocycles. The van der Waals surface area contributed by atoms with Crippen molar-refractivity contribution in [2.24, 2.45) is 5.92 Å². The Morgan fingerprint density at radius 2 is 1.75 bits per heavy atom. The first-order chi connectivity index (χ1) is 15.2. The number of phenols is 1. The summed E-state index contributed by atoms with van der Waals surface area (Å²) >= 11 is 0. The van der Waals surface area contributed by atoms with Crippen LogP contribution in [0.3, 0.4) is 0 Å². The largest absolute Gasteiger partial charge is 0.507 e. The van der Waals surface area contributed by atoms with Crippen LogP contribution >= 0.6 is 0 Å². The molecule has 7 heteroatoms. The van der Waals surface area contributed by atoms with Crippen LogP contribution in [0.2, 0.25) is 0 Å². The number of anilines is 1. The highest BCUT2D eigenvalue weighted by Gasteiger charge is 2.32. The Hall–Kier alpha value is -3.19. The zero-order valence-electron chi connectivity index (χ0n) is 19.2. The monoisotopic (exact) mass is 431 g/mol. The number of benzene rings is 1. The second-order valence-electron chi connectivity index (χ2n) is 9.86. The number of hydrogen-bond donors (Lipinski definition) is 2. The van der Waals surface area contributed by atoms with Gasteiger partial charge in [-0.3, -0.25) is 0 Å². The molecule has 0 aliphatic carbocycles. The van der Waals surface area contributed by atoms with Crippen molar-refractivity contribution < 1.29 is 9.52 Å². The van der Waals surface area contributed by atoms with Crippen LogP contribution in [-0.2, 0) is 0 Å². The lowest BCUT2D eigenvalue weighted by atomic mass is 10.0. The van der Waals surface area contributed by atoms with Crippen LogP contribution in [0.25, 0.3) is 33.4 Å². The molecule has 5 rings (SSSR count). The molecule has 7 nitrogen and oxygen atoms in total. The molecule has 32 heavy (non-hydrogen) atoms. The number of nitrogens with zero attached hydrogens (tertiary/aromatic N) is 4. The number of rotatable bonds is 3. The minimum Gasteiger partial charge on any atom is -0.507 e. The molecular weight excluding hydrogens is 402 g/mol. The summed E-state index contributed by atoms with van der Waals surface area (Å²) in [5.74, 6) is 2.21. The lowest BCUT2D eigenvalue weighted by molar-refractivity contribution is 0.334. The summed E-state index contributed by atoms with van der Waals surface area (Å²) in [6.45, 7) is 12.6. The third-order valence-corrected chi connectivity index (χ3v) is 5.97. The maximum atomic E-state index is 10.5. The third-order valence-electron chi connectivity index (χ3n) is 5.97. The summed E-state index contributed by atoms with van der Waals surface area (Å²) < 4.78 is 5.62. The Labute approximate surface area is 187 Å². The molecule has 2 N–H and O–H groups in total. The molecule has 0 amide bonds. The molecule has 166 valence electrons. The van der Waals surface area contributed by atoms with Gasteiger partial charge in [-0.05, 0) is 57.0 Å². The van der Waals surface area contributed by atoms with Crippen molar-refractivity contribution >= 4 is 28.0 Å². The molecule has 3 aromatic heterocycles. The van der Waals surface area contributed by atoms with Gasteiger partial charge in [-0.25, -0.2) is 15.0 Å². The summed E-state index contributed by atoms with van der Waals surface area (Å²) in [4.78, 5) is 16.2. The third kappa shape index (κ3) is 3.88. The van der Waals surface area contributed by atoms with Crippen molar-refractivity contribution in [1.82, 2.24) is 20.3 Å². The van der Waals surface area contributed by atoms with Gasteiger partial charge in [0.25, 0.3) is 0 Å². The van der Waals surface area contributed by atoms with Crippen molar-refractivity contribution in [2.75, 3.05) is 18.0 Å². The molecule has 0 bridgehead atoms. The number of aromatic hydroxyl groups is 1. The van der Waals surface area contributed by atoms with Crippen LogP contribution in [0.5, 0.6) is 5.75 Å². The number of aromatic nitrogens is 3. The van der Waals surface area contributed by atoms with Gasteiger partial charge in [0, 0.05) is 43.2 Å². The van der Waals surface area contributed by atoms with Gasteiger partial charge < -0.3 is 19.7 Å². The Morgan fingerprint density at radius 1 is 1.00 bits per heavy atom. The lowest BCUT2D eigenvalue weighted by Gasteiger charge is -2.28. The Bertz CT molecular complexity index is 1310. The molecule has 0 unspecified atom stereocenters. The fraction of sp³-hybridized carbons (Fsp3) is 0.400. The van der Waals surface area contributed by atoms with E-state index in [4.69, 9.17) is 14.4 Å². The number of nitrogens with one attached hydrogen (secondary N) is 1. The van der Waals surface area contributed by atoms with Crippen molar-refractivity contribution in [1.29, 1.82) is 0 Å². The van der Waals surface area contributed by atoms with E-state index >= 15 is 0 Å². The number of fused-ring (bicyclic) bond motifs is 2. The summed E-state index contributed by atoms with van der Waals surface area (Å²) in [5.41, 5.74) is 4.26. The molecule has 1 aliphatic heterocycles. The molecule has 4 aromatic rings. The van der Waals surface area contributed by atoms with E-state index in [2.05, 4.69) is 42.9 Å². The highest BCUT2D eigenvalue weighted by molar-refractivity contribution is 5.86. The molecule has 0 saturated carbocycles. The molecule has 2 atom stereocenters. The SMILES string of the molecule is Cc1nc2cc(O)c(-c3ccc4nc(N5C[C@H](C)[C@H](NC(C)(C)C)C5)ccc4n3)cc2o1. The Kier molecular flexibility index (Phi) is 4.82. The van der Waals surface area contributed by atoms with Crippen molar-refractivity contribution in [3.05, 3.63) is 42.3 Å². The van der Waals surface area contributed by atoms with Crippen molar-refractivity contribution in [3.63, 3.8) is 0 Å². The predicted molar refractivity (Wildman–Crippen MR) is 127 cm³/mol. The highest BCUT2D eigenvalue weighted by atomic mass is 16.3. The van der Waals surface area contributed by atoms with Crippen LogP contribution in [-0.4, -0.2) is 44.7 Å².